The zero-order chi connectivity index (χ0) is 21.3. The number of ether oxygens (including phenoxy) is 1. The van der Waals surface area contributed by atoms with E-state index < -0.39 is 0 Å². The lowest BCUT2D eigenvalue weighted by Gasteiger charge is -2.40. The number of urea groups is 1. The number of benzene rings is 1. The molecule has 0 spiro atoms. The topological polar surface area (TPSA) is 68.7 Å². The molecule has 162 valence electrons. The summed E-state index contributed by atoms with van der Waals surface area (Å²) in [5.41, 5.74) is 1.55. The maximum Gasteiger partial charge on any atom is 0.349 e. The van der Waals surface area contributed by atoms with Crippen molar-refractivity contribution in [3.8, 4) is 5.75 Å². The molecule has 1 aromatic rings. The normalized spacial score (nSPS) is 23.1. The third kappa shape index (κ3) is 4.17. The molecule has 4 rings (SSSR count). The number of halogens is 1. The number of hydrazone groups is 1. The van der Waals surface area contributed by atoms with Crippen molar-refractivity contribution < 1.29 is 14.3 Å². The van der Waals surface area contributed by atoms with E-state index in [9.17, 15) is 9.59 Å². The first-order chi connectivity index (χ1) is 14.5. The predicted octanol–water partition coefficient (Wildman–Crippen LogP) is 2.46. The van der Waals surface area contributed by atoms with Crippen LogP contribution in [-0.2, 0) is 4.79 Å². The summed E-state index contributed by atoms with van der Waals surface area (Å²) in [6.45, 7) is 6.07. The monoisotopic (exact) mass is 433 g/mol. The number of hydrogen-bond donors (Lipinski definition) is 0. The average Bonchev–Trinajstić information content (AvgIpc) is 3.00. The third-order valence-corrected chi connectivity index (χ3v) is 6.11. The van der Waals surface area contributed by atoms with Crippen molar-refractivity contribution in [3.05, 3.63) is 28.8 Å². The second-order valence-electron chi connectivity index (χ2n) is 8.00. The van der Waals surface area contributed by atoms with Crippen LogP contribution in [0.4, 0.5) is 4.79 Å². The highest BCUT2D eigenvalue weighted by molar-refractivity contribution is 6.31. The van der Waals surface area contributed by atoms with E-state index in [2.05, 4.69) is 28.9 Å². The minimum atomic E-state index is -0.341. The van der Waals surface area contributed by atoms with Gasteiger partial charge < -0.3 is 9.64 Å². The Bertz CT molecular complexity index is 853. The van der Waals surface area contributed by atoms with Crippen LogP contribution < -0.4 is 4.74 Å². The lowest BCUT2D eigenvalue weighted by molar-refractivity contribution is -0.130. The van der Waals surface area contributed by atoms with Crippen LogP contribution in [0.15, 0.2) is 23.3 Å². The quantitative estimate of drug-likeness (QED) is 0.667. The van der Waals surface area contributed by atoms with Crippen LogP contribution >= 0.6 is 11.6 Å². The Morgan fingerprint density at radius 2 is 1.97 bits per heavy atom. The summed E-state index contributed by atoms with van der Waals surface area (Å²) in [6.07, 6.45) is 2.02. The Morgan fingerprint density at radius 1 is 1.20 bits per heavy atom. The van der Waals surface area contributed by atoms with Gasteiger partial charge in [-0.2, -0.15) is 5.10 Å². The summed E-state index contributed by atoms with van der Waals surface area (Å²) in [7, 11) is 2.09. The second-order valence-corrected chi connectivity index (χ2v) is 8.43. The maximum absolute atomic E-state index is 13.2. The van der Waals surface area contributed by atoms with Gasteiger partial charge in [0.1, 0.15) is 12.3 Å². The van der Waals surface area contributed by atoms with Crippen molar-refractivity contribution in [3.63, 3.8) is 0 Å². The van der Waals surface area contributed by atoms with Gasteiger partial charge in [0, 0.05) is 43.2 Å². The lowest BCUT2D eigenvalue weighted by Crippen LogP contribution is -2.56. The molecule has 1 atom stereocenters. The van der Waals surface area contributed by atoms with Gasteiger partial charge in [-0.05, 0) is 31.7 Å². The Labute approximate surface area is 182 Å². The zero-order valence-electron chi connectivity index (χ0n) is 17.5. The van der Waals surface area contributed by atoms with Crippen LogP contribution in [0, 0.1) is 0 Å². The molecule has 2 fully saturated rings. The van der Waals surface area contributed by atoms with E-state index in [1.165, 1.54) is 9.91 Å². The van der Waals surface area contributed by atoms with E-state index in [0.29, 0.717) is 23.8 Å². The summed E-state index contributed by atoms with van der Waals surface area (Å²) in [5.74, 6) is 0.466. The molecule has 0 aromatic heterocycles. The number of piperazine rings is 1. The zero-order valence-corrected chi connectivity index (χ0v) is 18.3. The van der Waals surface area contributed by atoms with Crippen LogP contribution in [0.25, 0.3) is 0 Å². The first-order valence-electron chi connectivity index (χ1n) is 10.5. The Kier molecular flexibility index (Phi) is 6.26. The third-order valence-electron chi connectivity index (χ3n) is 5.88. The van der Waals surface area contributed by atoms with Gasteiger partial charge in [0.15, 0.2) is 0 Å². The fraction of sp³-hybridized carbons (Fsp3) is 0.571. The Morgan fingerprint density at radius 3 is 2.70 bits per heavy atom. The van der Waals surface area contributed by atoms with Crippen LogP contribution in [0.3, 0.4) is 0 Å². The van der Waals surface area contributed by atoms with Gasteiger partial charge in [0.05, 0.1) is 18.5 Å². The summed E-state index contributed by atoms with van der Waals surface area (Å²) in [5, 5.41) is 6.47. The van der Waals surface area contributed by atoms with Crippen molar-refractivity contribution in [1.82, 2.24) is 19.7 Å². The van der Waals surface area contributed by atoms with Gasteiger partial charge in [-0.3, -0.25) is 9.69 Å². The summed E-state index contributed by atoms with van der Waals surface area (Å²) in [6, 6.07) is 5.03. The highest BCUT2D eigenvalue weighted by Crippen LogP contribution is 2.29. The number of carbonyl (C=O) groups excluding carboxylic acids is 2. The largest absolute Gasteiger partial charge is 0.492 e. The SMILES string of the molecule is CCCC(N1CCN(C)CC1)N1C(=O)CN(/N=C2\CCOc3cc(Cl)ccc32)C1=O. The molecule has 8 nitrogen and oxygen atoms in total. The van der Waals surface area contributed by atoms with Crippen molar-refractivity contribution >= 4 is 29.3 Å². The number of nitrogens with zero attached hydrogens (tertiary/aromatic N) is 5. The van der Waals surface area contributed by atoms with Gasteiger partial charge >= 0.3 is 6.03 Å². The second kappa shape index (κ2) is 8.91. The van der Waals surface area contributed by atoms with E-state index in [1.807, 2.05) is 6.07 Å². The number of fused-ring (bicyclic) bond motifs is 1. The molecule has 30 heavy (non-hydrogen) atoms. The summed E-state index contributed by atoms with van der Waals surface area (Å²) < 4.78 is 5.67. The van der Waals surface area contributed by atoms with Crippen molar-refractivity contribution in [1.29, 1.82) is 0 Å². The smallest absolute Gasteiger partial charge is 0.349 e. The molecule has 2 saturated heterocycles. The number of imide groups is 1. The van der Waals surface area contributed by atoms with Gasteiger partial charge in [-0.1, -0.05) is 24.9 Å². The van der Waals surface area contributed by atoms with E-state index >= 15 is 0 Å². The maximum atomic E-state index is 13.2. The molecular weight excluding hydrogens is 406 g/mol. The fourth-order valence-electron chi connectivity index (χ4n) is 4.22. The van der Waals surface area contributed by atoms with Crippen molar-refractivity contribution in [2.75, 3.05) is 46.4 Å². The Balaban J connectivity index is 1.56. The van der Waals surface area contributed by atoms with E-state index in [4.69, 9.17) is 16.3 Å². The van der Waals surface area contributed by atoms with E-state index in [0.717, 1.165) is 50.3 Å². The van der Waals surface area contributed by atoms with Crippen LogP contribution in [0.5, 0.6) is 5.75 Å². The number of hydrogen-bond acceptors (Lipinski definition) is 6. The van der Waals surface area contributed by atoms with Gasteiger partial charge in [-0.15, -0.1) is 0 Å². The number of rotatable bonds is 5. The molecule has 3 aliphatic rings. The minimum absolute atomic E-state index is 0.0277. The molecule has 0 aliphatic carbocycles. The molecule has 0 bridgehead atoms. The average molecular weight is 434 g/mol. The summed E-state index contributed by atoms with van der Waals surface area (Å²) in [4.78, 5) is 32.0. The van der Waals surface area contributed by atoms with Crippen molar-refractivity contribution in [2.45, 2.75) is 32.4 Å². The predicted molar refractivity (Wildman–Crippen MR) is 115 cm³/mol. The standard InChI is InChI=1S/C21H28ClN5O3/c1-3-4-19(25-10-8-24(2)9-11-25)27-20(28)14-26(21(27)29)23-17-7-12-30-18-13-15(22)5-6-16(17)18/h5-6,13,19H,3-4,7-12,14H2,1-2H3/b23-17+. The fourth-order valence-corrected chi connectivity index (χ4v) is 4.39. The van der Waals surface area contributed by atoms with E-state index in [1.54, 1.807) is 12.1 Å². The lowest BCUT2D eigenvalue weighted by atomic mass is 10.0. The van der Waals surface area contributed by atoms with Crippen molar-refractivity contribution in [2.24, 2.45) is 5.10 Å². The van der Waals surface area contributed by atoms with Gasteiger partial charge in [0.25, 0.3) is 5.91 Å². The molecule has 1 unspecified atom stereocenters. The number of carbonyl (C=O) groups is 2. The summed E-state index contributed by atoms with van der Waals surface area (Å²) >= 11 is 6.06. The molecule has 0 N–H and O–H groups in total. The molecular formula is C21H28ClN5O3. The number of amides is 3. The number of likely N-dealkylation sites (N-methyl/N-ethyl adjacent to an activating group) is 1. The van der Waals surface area contributed by atoms with E-state index in [-0.39, 0.29) is 24.6 Å². The molecule has 9 heteroatoms. The first kappa shape index (κ1) is 21.1. The molecule has 0 radical (unpaired) electrons. The van der Waals surface area contributed by atoms with Gasteiger partial charge in [0.2, 0.25) is 0 Å². The molecule has 3 heterocycles. The van der Waals surface area contributed by atoms with Crippen LogP contribution in [0.1, 0.15) is 31.7 Å². The highest BCUT2D eigenvalue weighted by atomic mass is 35.5. The molecule has 0 saturated carbocycles. The van der Waals surface area contributed by atoms with Crippen LogP contribution in [0.2, 0.25) is 5.02 Å². The minimum Gasteiger partial charge on any atom is -0.492 e. The highest BCUT2D eigenvalue weighted by Gasteiger charge is 2.43. The first-order valence-corrected chi connectivity index (χ1v) is 10.9. The molecule has 1 aromatic carbocycles. The van der Waals surface area contributed by atoms with Crippen LogP contribution in [-0.4, -0.2) is 89.9 Å². The molecule has 3 aliphatic heterocycles. The Hall–Kier alpha value is -2.16. The van der Waals surface area contributed by atoms with Gasteiger partial charge in [-0.25, -0.2) is 14.7 Å². The molecule has 3 amide bonds.